The minimum Gasteiger partial charge on any atom is -0.456 e. The van der Waals surface area contributed by atoms with E-state index in [1.807, 2.05) is 78.9 Å². The van der Waals surface area contributed by atoms with Gasteiger partial charge in [-0.3, -0.25) is 4.99 Å². The fourth-order valence-corrected chi connectivity index (χ4v) is 7.38. The molecule has 8 aromatic carbocycles. The number of hydrogen-bond donors (Lipinski definition) is 1. The number of para-hydroxylation sites is 1. The summed E-state index contributed by atoms with van der Waals surface area (Å²) in [6, 6.07) is 69.0. The zero-order valence-electron chi connectivity index (χ0n) is 31.0. The minimum atomic E-state index is -0.179. The van der Waals surface area contributed by atoms with Crippen molar-refractivity contribution >= 4 is 33.6 Å². The van der Waals surface area contributed by atoms with E-state index in [-0.39, 0.29) is 6.04 Å². The molecule has 0 radical (unpaired) electrons. The van der Waals surface area contributed by atoms with Crippen molar-refractivity contribution in [3.8, 4) is 44.5 Å². The molecule has 0 saturated heterocycles. The maximum atomic E-state index is 6.79. The normalized spacial score (nSPS) is 12.6. The first kappa shape index (κ1) is 34.5. The highest BCUT2D eigenvalue weighted by atomic mass is 16.3. The van der Waals surface area contributed by atoms with Crippen LogP contribution in [0.3, 0.4) is 0 Å². The third kappa shape index (κ3) is 7.04. The quantitative estimate of drug-likeness (QED) is 0.125. The molecule has 0 aliphatic carbocycles. The lowest BCUT2D eigenvalue weighted by molar-refractivity contribution is 0.669. The molecule has 0 spiro atoms. The van der Waals surface area contributed by atoms with Crippen LogP contribution in [-0.4, -0.2) is 11.7 Å². The molecule has 268 valence electrons. The van der Waals surface area contributed by atoms with Crippen molar-refractivity contribution in [3.63, 3.8) is 0 Å². The lowest BCUT2D eigenvalue weighted by atomic mass is 9.92. The molecular weight excluding hydrogens is 683 g/mol. The van der Waals surface area contributed by atoms with Crippen molar-refractivity contribution in [1.82, 2.24) is 0 Å². The summed E-state index contributed by atoms with van der Waals surface area (Å²) in [5.41, 5.74) is 20.3. The van der Waals surface area contributed by atoms with Gasteiger partial charge in [0.05, 0.1) is 6.04 Å². The Morgan fingerprint density at radius 1 is 0.464 bits per heavy atom. The first-order chi connectivity index (χ1) is 27.6. The lowest BCUT2D eigenvalue weighted by Gasteiger charge is -2.14. The summed E-state index contributed by atoms with van der Waals surface area (Å²) in [5.74, 6) is 1.01. The number of rotatable bonds is 8. The third-order valence-corrected chi connectivity index (χ3v) is 10.3. The summed E-state index contributed by atoms with van der Waals surface area (Å²) in [4.78, 5) is 10.2. The van der Waals surface area contributed by atoms with E-state index in [9.17, 15) is 0 Å². The van der Waals surface area contributed by atoms with Gasteiger partial charge in [-0.25, -0.2) is 4.99 Å². The molecule has 0 aliphatic rings. The first-order valence-corrected chi connectivity index (χ1v) is 18.9. The molecule has 9 rings (SSSR count). The number of furan rings is 1. The Balaban J connectivity index is 1.06. The molecule has 56 heavy (non-hydrogen) atoms. The molecule has 0 bridgehead atoms. The molecule has 0 amide bonds. The second-order valence-electron chi connectivity index (χ2n) is 14.0. The van der Waals surface area contributed by atoms with Crippen molar-refractivity contribution in [1.29, 1.82) is 0 Å². The fourth-order valence-electron chi connectivity index (χ4n) is 7.38. The van der Waals surface area contributed by atoms with E-state index >= 15 is 0 Å². The van der Waals surface area contributed by atoms with Gasteiger partial charge in [-0.15, -0.1) is 0 Å². The number of aliphatic imine (C=N–C) groups is 2. The van der Waals surface area contributed by atoms with Gasteiger partial charge in [0.15, 0.2) is 5.84 Å². The molecule has 0 saturated carbocycles. The van der Waals surface area contributed by atoms with Crippen LogP contribution in [0.25, 0.3) is 66.4 Å². The predicted octanol–water partition coefficient (Wildman–Crippen LogP) is 13.2. The van der Waals surface area contributed by atoms with Crippen molar-refractivity contribution in [2.75, 3.05) is 0 Å². The van der Waals surface area contributed by atoms with E-state index < -0.39 is 0 Å². The minimum absolute atomic E-state index is 0.179. The van der Waals surface area contributed by atoms with Crippen LogP contribution in [0.2, 0.25) is 0 Å². The van der Waals surface area contributed by atoms with Crippen molar-refractivity contribution < 1.29 is 4.42 Å². The topological polar surface area (TPSA) is 63.9 Å². The van der Waals surface area contributed by atoms with Crippen LogP contribution in [0, 0.1) is 0 Å². The fraction of sp³-hybridized carbons (Fsp3) is 0.0385. The SMILES string of the molecule is CC(N=C(N=C(N)c1ccccc1-c1ccccc1)c1ccccc1)c1ccc(-c2cc(-c3ccccc3)cc(-c3ccc4c(c3)oc3ccccc34)c2)cc1. The van der Waals surface area contributed by atoms with Gasteiger partial charge in [0.2, 0.25) is 0 Å². The van der Waals surface area contributed by atoms with E-state index in [0.29, 0.717) is 11.7 Å². The molecule has 9 aromatic rings. The van der Waals surface area contributed by atoms with Gasteiger partial charge in [0.1, 0.15) is 17.0 Å². The van der Waals surface area contributed by atoms with Gasteiger partial charge in [-0.1, -0.05) is 164 Å². The van der Waals surface area contributed by atoms with Crippen LogP contribution in [0.1, 0.15) is 29.7 Å². The van der Waals surface area contributed by atoms with E-state index in [1.54, 1.807) is 0 Å². The van der Waals surface area contributed by atoms with Crippen molar-refractivity contribution in [2.24, 2.45) is 15.7 Å². The molecule has 0 aliphatic heterocycles. The average molecular weight is 722 g/mol. The van der Waals surface area contributed by atoms with Crippen molar-refractivity contribution in [2.45, 2.75) is 13.0 Å². The van der Waals surface area contributed by atoms with E-state index in [0.717, 1.165) is 77.6 Å². The van der Waals surface area contributed by atoms with Gasteiger partial charge in [-0.05, 0) is 93.4 Å². The van der Waals surface area contributed by atoms with Crippen LogP contribution >= 0.6 is 0 Å². The van der Waals surface area contributed by atoms with E-state index in [1.165, 1.54) is 5.56 Å². The number of nitrogens with zero attached hydrogens (tertiary/aromatic N) is 2. The second kappa shape index (κ2) is 15.2. The smallest absolute Gasteiger partial charge is 0.157 e. The molecular formula is C52H39N3O. The summed E-state index contributed by atoms with van der Waals surface area (Å²) < 4.78 is 6.28. The van der Waals surface area contributed by atoms with E-state index in [2.05, 4.69) is 128 Å². The molecule has 1 atom stereocenters. The Bertz CT molecular complexity index is 2860. The molecule has 4 heteroatoms. The van der Waals surface area contributed by atoms with Gasteiger partial charge in [0.25, 0.3) is 0 Å². The molecule has 1 aromatic heterocycles. The second-order valence-corrected chi connectivity index (χ2v) is 14.0. The number of nitrogens with two attached hydrogens (primary N) is 1. The maximum absolute atomic E-state index is 6.79. The van der Waals surface area contributed by atoms with Gasteiger partial charge < -0.3 is 10.2 Å². The summed E-state index contributed by atoms with van der Waals surface area (Å²) in [6.45, 7) is 2.10. The zero-order valence-corrected chi connectivity index (χ0v) is 31.0. The lowest BCUT2D eigenvalue weighted by Crippen LogP contribution is -2.17. The van der Waals surface area contributed by atoms with Gasteiger partial charge >= 0.3 is 0 Å². The Kier molecular flexibility index (Phi) is 9.36. The molecule has 4 nitrogen and oxygen atoms in total. The number of hydrogen-bond acceptors (Lipinski definition) is 2. The molecule has 1 heterocycles. The van der Waals surface area contributed by atoms with Crippen molar-refractivity contribution in [3.05, 3.63) is 217 Å². The largest absolute Gasteiger partial charge is 0.456 e. The standard InChI is InChI=1S/C52H39N3O/c1-35(54-52(40-19-9-4-10-20-40)55-51(53)48-23-12-11-21-45(48)39-17-7-3-8-18-39)36-25-27-38(28-26-36)43-31-42(37-15-5-2-6-16-37)32-44(33-43)41-29-30-47-46-22-13-14-24-49(46)56-50(47)34-41/h2-35H,1H3,(H2,53,54,55). The van der Waals surface area contributed by atoms with Crippen LogP contribution in [-0.2, 0) is 0 Å². The highest BCUT2D eigenvalue weighted by molar-refractivity contribution is 6.13. The van der Waals surface area contributed by atoms with Crippen LogP contribution in [0.5, 0.6) is 0 Å². The molecule has 0 fully saturated rings. The summed E-state index contributed by atoms with van der Waals surface area (Å²) in [7, 11) is 0. The Labute approximate surface area is 327 Å². The Morgan fingerprint density at radius 2 is 1.00 bits per heavy atom. The summed E-state index contributed by atoms with van der Waals surface area (Å²) >= 11 is 0. The van der Waals surface area contributed by atoms with E-state index in [4.69, 9.17) is 20.1 Å². The number of benzene rings is 8. The van der Waals surface area contributed by atoms with Gasteiger partial charge in [0, 0.05) is 21.9 Å². The first-order valence-electron chi connectivity index (χ1n) is 18.9. The van der Waals surface area contributed by atoms with Gasteiger partial charge in [-0.2, -0.15) is 0 Å². The monoisotopic (exact) mass is 721 g/mol. The number of amidine groups is 2. The maximum Gasteiger partial charge on any atom is 0.157 e. The third-order valence-electron chi connectivity index (χ3n) is 10.3. The van der Waals surface area contributed by atoms with Crippen LogP contribution < -0.4 is 5.73 Å². The average Bonchev–Trinajstić information content (AvgIpc) is 3.65. The molecule has 1 unspecified atom stereocenters. The summed E-state index contributed by atoms with van der Waals surface area (Å²) in [6.07, 6.45) is 0. The summed E-state index contributed by atoms with van der Waals surface area (Å²) in [5, 5.41) is 2.25. The van der Waals surface area contributed by atoms with Crippen LogP contribution in [0.15, 0.2) is 215 Å². The highest BCUT2D eigenvalue weighted by Gasteiger charge is 2.15. The zero-order chi connectivity index (χ0) is 37.8. The molecule has 2 N–H and O–H groups in total. The predicted molar refractivity (Wildman–Crippen MR) is 234 cm³/mol. The highest BCUT2D eigenvalue weighted by Crippen LogP contribution is 2.37. The Morgan fingerprint density at radius 3 is 1.71 bits per heavy atom. The Hall–Kier alpha value is -7.30. The number of fused-ring (bicyclic) bond motifs is 3. The van der Waals surface area contributed by atoms with Crippen LogP contribution in [0.4, 0.5) is 0 Å².